The molecule has 0 radical (unpaired) electrons. The van der Waals surface area contributed by atoms with Crippen molar-refractivity contribution in [1.82, 2.24) is 14.8 Å². The van der Waals surface area contributed by atoms with E-state index >= 15 is 0 Å². The highest BCUT2D eigenvalue weighted by atomic mass is 16.4. The summed E-state index contributed by atoms with van der Waals surface area (Å²) in [5.74, 6) is 0.704. The number of nitrogens with zero attached hydrogens (tertiary/aromatic N) is 4. The molecule has 1 aromatic rings. The molecule has 0 atom stereocenters. The molecule has 0 unspecified atom stereocenters. The normalized spacial score (nSPS) is 20.5. The summed E-state index contributed by atoms with van der Waals surface area (Å²) in [6.07, 6.45) is 4.59. The summed E-state index contributed by atoms with van der Waals surface area (Å²) >= 11 is 0. The predicted molar refractivity (Wildman–Crippen MR) is 42.2 cm³/mol. The molecule has 1 aliphatic heterocycles. The Labute approximate surface area is 69.7 Å². The SMILES string of the molecule is O/N=C1\CCCCn2cnnc21. The smallest absolute Gasteiger partial charge is 0.181 e. The highest BCUT2D eigenvalue weighted by Crippen LogP contribution is 2.12. The van der Waals surface area contributed by atoms with Gasteiger partial charge in [0.25, 0.3) is 0 Å². The van der Waals surface area contributed by atoms with Crippen molar-refractivity contribution in [2.75, 3.05) is 0 Å². The van der Waals surface area contributed by atoms with Crippen molar-refractivity contribution < 1.29 is 5.21 Å². The van der Waals surface area contributed by atoms with Crippen LogP contribution in [0.25, 0.3) is 0 Å². The fourth-order valence-electron chi connectivity index (χ4n) is 1.42. The highest BCUT2D eigenvalue weighted by Gasteiger charge is 2.15. The van der Waals surface area contributed by atoms with Crippen LogP contribution in [0.3, 0.4) is 0 Å². The molecule has 0 saturated carbocycles. The van der Waals surface area contributed by atoms with Crippen LogP contribution in [0.5, 0.6) is 0 Å². The minimum atomic E-state index is 0.644. The number of rotatable bonds is 0. The lowest BCUT2D eigenvalue weighted by Crippen LogP contribution is -2.07. The summed E-state index contributed by atoms with van der Waals surface area (Å²) in [6, 6.07) is 0. The molecule has 0 aromatic carbocycles. The first kappa shape index (κ1) is 7.27. The molecule has 2 heterocycles. The van der Waals surface area contributed by atoms with Crippen LogP contribution in [0.15, 0.2) is 11.5 Å². The Morgan fingerprint density at radius 3 is 3.25 bits per heavy atom. The third-order valence-corrected chi connectivity index (χ3v) is 2.06. The molecule has 0 amide bonds. The minimum absolute atomic E-state index is 0.644. The standard InChI is InChI=1S/C7H10N4O/c12-10-6-3-1-2-4-11-5-8-9-7(6)11/h5,12H,1-4H2/b10-6+. The molecule has 1 N–H and O–H groups in total. The number of aryl methyl sites for hydroxylation is 1. The van der Waals surface area contributed by atoms with E-state index in [0.29, 0.717) is 11.5 Å². The van der Waals surface area contributed by atoms with Gasteiger partial charge in [-0.05, 0) is 19.3 Å². The van der Waals surface area contributed by atoms with Gasteiger partial charge < -0.3 is 9.77 Å². The third-order valence-electron chi connectivity index (χ3n) is 2.06. The molecule has 0 bridgehead atoms. The minimum Gasteiger partial charge on any atom is -0.411 e. The van der Waals surface area contributed by atoms with Crippen molar-refractivity contribution in [3.8, 4) is 0 Å². The first-order valence-electron chi connectivity index (χ1n) is 4.01. The number of aromatic nitrogens is 3. The van der Waals surface area contributed by atoms with E-state index < -0.39 is 0 Å². The van der Waals surface area contributed by atoms with E-state index in [1.807, 2.05) is 4.57 Å². The molecular weight excluding hydrogens is 156 g/mol. The maximum atomic E-state index is 8.69. The lowest BCUT2D eigenvalue weighted by molar-refractivity contribution is 0.317. The topological polar surface area (TPSA) is 63.3 Å². The highest BCUT2D eigenvalue weighted by molar-refractivity contribution is 5.97. The van der Waals surface area contributed by atoms with Crippen molar-refractivity contribution >= 4 is 5.71 Å². The first-order chi connectivity index (χ1) is 5.92. The Bertz CT molecular complexity index is 304. The molecule has 0 fully saturated rings. The van der Waals surface area contributed by atoms with Crippen molar-refractivity contribution in [2.24, 2.45) is 5.16 Å². The van der Waals surface area contributed by atoms with E-state index in [1.165, 1.54) is 0 Å². The van der Waals surface area contributed by atoms with Gasteiger partial charge in [0.05, 0.1) is 0 Å². The third kappa shape index (κ3) is 1.07. The van der Waals surface area contributed by atoms with Gasteiger partial charge in [-0.1, -0.05) is 5.16 Å². The van der Waals surface area contributed by atoms with Gasteiger partial charge in [0, 0.05) is 6.54 Å². The maximum absolute atomic E-state index is 8.69. The Balaban J connectivity index is 2.43. The average molecular weight is 166 g/mol. The van der Waals surface area contributed by atoms with Gasteiger partial charge in [-0.2, -0.15) is 0 Å². The van der Waals surface area contributed by atoms with Crippen LogP contribution in [0.1, 0.15) is 25.1 Å². The van der Waals surface area contributed by atoms with Gasteiger partial charge >= 0.3 is 0 Å². The van der Waals surface area contributed by atoms with Crippen molar-refractivity contribution in [3.05, 3.63) is 12.2 Å². The quantitative estimate of drug-likeness (QED) is 0.454. The zero-order valence-corrected chi connectivity index (χ0v) is 6.64. The molecule has 5 heteroatoms. The van der Waals surface area contributed by atoms with Crippen molar-refractivity contribution in [1.29, 1.82) is 0 Å². The number of hydrogen-bond acceptors (Lipinski definition) is 4. The molecule has 0 spiro atoms. The lowest BCUT2D eigenvalue weighted by Gasteiger charge is -1.98. The number of hydrogen-bond donors (Lipinski definition) is 1. The van der Waals surface area contributed by atoms with Gasteiger partial charge in [0.1, 0.15) is 12.0 Å². The van der Waals surface area contributed by atoms with E-state index in [-0.39, 0.29) is 0 Å². The second kappa shape index (κ2) is 2.92. The Hall–Kier alpha value is -1.39. The van der Waals surface area contributed by atoms with Crippen LogP contribution in [0, 0.1) is 0 Å². The van der Waals surface area contributed by atoms with E-state index in [2.05, 4.69) is 15.4 Å². The monoisotopic (exact) mass is 166 g/mol. The van der Waals surface area contributed by atoms with Crippen LogP contribution >= 0.6 is 0 Å². The summed E-state index contributed by atoms with van der Waals surface area (Å²) in [5.41, 5.74) is 0.644. The Kier molecular flexibility index (Phi) is 1.77. The molecular formula is C7H10N4O. The van der Waals surface area contributed by atoms with E-state index in [0.717, 1.165) is 25.8 Å². The van der Waals surface area contributed by atoms with Gasteiger partial charge in [0.2, 0.25) is 0 Å². The fraction of sp³-hybridized carbons (Fsp3) is 0.571. The predicted octanol–water partition coefficient (Wildman–Crippen LogP) is 0.640. The molecule has 2 rings (SSSR count). The molecule has 12 heavy (non-hydrogen) atoms. The fourth-order valence-corrected chi connectivity index (χ4v) is 1.42. The number of fused-ring (bicyclic) bond motifs is 1. The largest absolute Gasteiger partial charge is 0.411 e. The zero-order valence-electron chi connectivity index (χ0n) is 6.64. The Morgan fingerprint density at radius 1 is 1.50 bits per heavy atom. The lowest BCUT2D eigenvalue weighted by atomic mass is 10.2. The van der Waals surface area contributed by atoms with E-state index in [4.69, 9.17) is 5.21 Å². The van der Waals surface area contributed by atoms with Crippen LogP contribution < -0.4 is 0 Å². The summed E-state index contributed by atoms with van der Waals surface area (Å²) in [7, 11) is 0. The second-order valence-corrected chi connectivity index (χ2v) is 2.85. The number of oxime groups is 1. The summed E-state index contributed by atoms with van der Waals surface area (Å²) < 4.78 is 1.92. The van der Waals surface area contributed by atoms with Crippen molar-refractivity contribution in [2.45, 2.75) is 25.8 Å². The Morgan fingerprint density at radius 2 is 2.42 bits per heavy atom. The summed E-state index contributed by atoms with van der Waals surface area (Å²) in [4.78, 5) is 0. The van der Waals surface area contributed by atoms with Crippen LogP contribution in [-0.4, -0.2) is 25.7 Å². The summed E-state index contributed by atoms with van der Waals surface area (Å²) in [5, 5.41) is 19.6. The zero-order chi connectivity index (χ0) is 8.39. The molecule has 0 saturated heterocycles. The van der Waals surface area contributed by atoms with E-state index in [9.17, 15) is 0 Å². The molecule has 0 aliphatic carbocycles. The van der Waals surface area contributed by atoms with Gasteiger partial charge in [-0.3, -0.25) is 0 Å². The van der Waals surface area contributed by atoms with E-state index in [1.54, 1.807) is 6.33 Å². The van der Waals surface area contributed by atoms with Gasteiger partial charge in [-0.15, -0.1) is 10.2 Å². The first-order valence-corrected chi connectivity index (χ1v) is 4.01. The average Bonchev–Trinajstić information content (AvgIpc) is 2.46. The molecule has 64 valence electrons. The maximum Gasteiger partial charge on any atom is 0.181 e. The molecule has 5 nitrogen and oxygen atoms in total. The summed E-state index contributed by atoms with van der Waals surface area (Å²) in [6.45, 7) is 0.918. The van der Waals surface area contributed by atoms with Crippen molar-refractivity contribution in [3.63, 3.8) is 0 Å². The molecule has 1 aromatic heterocycles. The van der Waals surface area contributed by atoms with Crippen LogP contribution in [0.2, 0.25) is 0 Å². The van der Waals surface area contributed by atoms with Gasteiger partial charge in [-0.25, -0.2) is 0 Å². The second-order valence-electron chi connectivity index (χ2n) is 2.85. The van der Waals surface area contributed by atoms with Gasteiger partial charge in [0.15, 0.2) is 5.82 Å². The van der Waals surface area contributed by atoms with Crippen LogP contribution in [0.4, 0.5) is 0 Å². The molecule has 1 aliphatic rings. The van der Waals surface area contributed by atoms with Crippen LogP contribution in [-0.2, 0) is 6.54 Å².